The van der Waals surface area contributed by atoms with Gasteiger partial charge in [0.05, 0.1) is 27.0 Å². The molecule has 3 rings (SSSR count). The van der Waals surface area contributed by atoms with Gasteiger partial charge < -0.3 is 14.8 Å². The molecule has 0 unspecified atom stereocenters. The molecule has 0 spiro atoms. The van der Waals surface area contributed by atoms with Gasteiger partial charge >= 0.3 is 0 Å². The van der Waals surface area contributed by atoms with Crippen molar-refractivity contribution in [2.75, 3.05) is 14.2 Å². The lowest BCUT2D eigenvalue weighted by Gasteiger charge is -2.09. The number of rotatable bonds is 7. The van der Waals surface area contributed by atoms with Crippen molar-refractivity contribution in [2.24, 2.45) is 0 Å². The van der Waals surface area contributed by atoms with Gasteiger partial charge in [0, 0.05) is 12.1 Å². The maximum absolute atomic E-state index is 13.7. The second-order valence-electron chi connectivity index (χ2n) is 5.87. The van der Waals surface area contributed by atoms with Gasteiger partial charge in [-0.15, -0.1) is 5.10 Å². The molecule has 1 N–H and O–H groups in total. The first-order chi connectivity index (χ1) is 13.5. The van der Waals surface area contributed by atoms with Crippen LogP contribution in [0.15, 0.2) is 42.6 Å². The smallest absolute Gasteiger partial charge is 0.273 e. The quantitative estimate of drug-likeness (QED) is 0.673. The standard InChI is InChI=1S/C19H18F2N4O3/c1-27-17-7-6-12(8-18(17)28-2)9-22-19(26)16-11-25(24-23-16)10-13-14(20)4-3-5-15(13)21/h3-8,11H,9-10H2,1-2H3,(H,22,26). The highest BCUT2D eigenvalue weighted by molar-refractivity contribution is 5.91. The van der Waals surface area contributed by atoms with E-state index < -0.39 is 17.5 Å². The Kier molecular flexibility index (Phi) is 5.83. The van der Waals surface area contributed by atoms with Crippen LogP contribution in [0.4, 0.5) is 8.78 Å². The van der Waals surface area contributed by atoms with Gasteiger partial charge in [-0.25, -0.2) is 13.5 Å². The molecule has 146 valence electrons. The summed E-state index contributed by atoms with van der Waals surface area (Å²) in [5.41, 5.74) is 0.689. The Morgan fingerprint density at radius 3 is 2.50 bits per heavy atom. The molecule has 1 aromatic heterocycles. The lowest BCUT2D eigenvalue weighted by Crippen LogP contribution is -2.23. The molecule has 0 atom stereocenters. The highest BCUT2D eigenvalue weighted by atomic mass is 19.1. The van der Waals surface area contributed by atoms with Crippen LogP contribution < -0.4 is 14.8 Å². The van der Waals surface area contributed by atoms with Gasteiger partial charge in [-0.2, -0.15) is 0 Å². The Bertz CT molecular complexity index is 971. The van der Waals surface area contributed by atoms with Gasteiger partial charge in [-0.3, -0.25) is 4.79 Å². The summed E-state index contributed by atoms with van der Waals surface area (Å²) in [5.74, 6) is -0.701. The van der Waals surface area contributed by atoms with Crippen LogP contribution in [0, 0.1) is 11.6 Å². The first-order valence-electron chi connectivity index (χ1n) is 8.34. The van der Waals surface area contributed by atoms with E-state index in [-0.39, 0.29) is 24.3 Å². The molecule has 0 aliphatic heterocycles. The summed E-state index contributed by atoms with van der Waals surface area (Å²) in [6.45, 7) is 0.0580. The van der Waals surface area contributed by atoms with Crippen molar-refractivity contribution in [2.45, 2.75) is 13.1 Å². The first kappa shape index (κ1) is 19.3. The van der Waals surface area contributed by atoms with Crippen molar-refractivity contribution < 1.29 is 23.0 Å². The Morgan fingerprint density at radius 2 is 1.82 bits per heavy atom. The molecule has 1 amide bonds. The van der Waals surface area contributed by atoms with Crippen LogP contribution in [0.1, 0.15) is 21.6 Å². The molecule has 0 radical (unpaired) electrons. The molecule has 0 bridgehead atoms. The van der Waals surface area contributed by atoms with E-state index >= 15 is 0 Å². The zero-order chi connectivity index (χ0) is 20.1. The number of halogens is 2. The number of nitrogens with one attached hydrogen (secondary N) is 1. The van der Waals surface area contributed by atoms with E-state index in [0.29, 0.717) is 11.5 Å². The summed E-state index contributed by atoms with van der Waals surface area (Å²) < 4.78 is 39.0. The van der Waals surface area contributed by atoms with E-state index in [1.54, 1.807) is 18.2 Å². The molecule has 2 aromatic carbocycles. The fourth-order valence-corrected chi connectivity index (χ4v) is 2.59. The number of hydrogen-bond acceptors (Lipinski definition) is 5. The fourth-order valence-electron chi connectivity index (χ4n) is 2.59. The van der Waals surface area contributed by atoms with Crippen molar-refractivity contribution in [3.05, 3.63) is 71.1 Å². The number of amides is 1. The Hall–Kier alpha value is -3.49. The minimum absolute atomic E-state index is 0.0391. The summed E-state index contributed by atoms with van der Waals surface area (Å²) in [5, 5.41) is 10.2. The predicted octanol–water partition coefficient (Wildman–Crippen LogP) is 2.55. The minimum Gasteiger partial charge on any atom is -0.493 e. The zero-order valence-electron chi connectivity index (χ0n) is 15.3. The van der Waals surface area contributed by atoms with E-state index in [1.807, 2.05) is 0 Å². The van der Waals surface area contributed by atoms with Crippen LogP contribution in [0.3, 0.4) is 0 Å². The maximum Gasteiger partial charge on any atom is 0.273 e. The lowest BCUT2D eigenvalue weighted by atomic mass is 10.2. The van der Waals surface area contributed by atoms with Crippen LogP contribution in [0.25, 0.3) is 0 Å². The second-order valence-corrected chi connectivity index (χ2v) is 5.87. The largest absolute Gasteiger partial charge is 0.493 e. The molecular formula is C19H18F2N4O3. The number of carbonyl (C=O) groups excluding carboxylic acids is 1. The van der Waals surface area contributed by atoms with E-state index in [2.05, 4.69) is 15.6 Å². The van der Waals surface area contributed by atoms with Crippen molar-refractivity contribution in [3.8, 4) is 11.5 Å². The van der Waals surface area contributed by atoms with Gasteiger partial charge in [0.25, 0.3) is 5.91 Å². The van der Waals surface area contributed by atoms with E-state index in [9.17, 15) is 13.6 Å². The highest BCUT2D eigenvalue weighted by Gasteiger charge is 2.14. The zero-order valence-corrected chi connectivity index (χ0v) is 15.3. The predicted molar refractivity (Wildman–Crippen MR) is 96.2 cm³/mol. The van der Waals surface area contributed by atoms with Crippen LogP contribution >= 0.6 is 0 Å². The third kappa shape index (κ3) is 4.25. The van der Waals surface area contributed by atoms with E-state index in [1.165, 1.54) is 31.2 Å². The summed E-state index contributed by atoms with van der Waals surface area (Å²) in [7, 11) is 3.06. The highest BCUT2D eigenvalue weighted by Crippen LogP contribution is 2.27. The van der Waals surface area contributed by atoms with Crippen LogP contribution in [0.5, 0.6) is 11.5 Å². The lowest BCUT2D eigenvalue weighted by molar-refractivity contribution is 0.0945. The molecule has 0 aliphatic carbocycles. The number of methoxy groups -OCH3 is 2. The molecule has 0 saturated heterocycles. The van der Waals surface area contributed by atoms with Gasteiger partial charge in [-0.05, 0) is 29.8 Å². The Balaban J connectivity index is 1.64. The van der Waals surface area contributed by atoms with Crippen LogP contribution in [0.2, 0.25) is 0 Å². The molecule has 28 heavy (non-hydrogen) atoms. The minimum atomic E-state index is -0.685. The molecular weight excluding hydrogens is 370 g/mol. The third-order valence-electron chi connectivity index (χ3n) is 4.05. The third-order valence-corrected chi connectivity index (χ3v) is 4.05. The number of nitrogens with zero attached hydrogens (tertiary/aromatic N) is 3. The number of hydrogen-bond donors (Lipinski definition) is 1. The van der Waals surface area contributed by atoms with Gasteiger partial charge in [0.1, 0.15) is 11.6 Å². The normalized spacial score (nSPS) is 10.6. The maximum atomic E-state index is 13.7. The topological polar surface area (TPSA) is 78.3 Å². The van der Waals surface area contributed by atoms with Gasteiger partial charge in [0.2, 0.25) is 0 Å². The molecule has 0 fully saturated rings. The van der Waals surface area contributed by atoms with Crippen molar-refractivity contribution in [1.29, 1.82) is 0 Å². The molecule has 1 heterocycles. The molecule has 3 aromatic rings. The van der Waals surface area contributed by atoms with Gasteiger partial charge in [0.15, 0.2) is 17.2 Å². The van der Waals surface area contributed by atoms with Crippen molar-refractivity contribution in [3.63, 3.8) is 0 Å². The second kappa shape index (κ2) is 8.47. The van der Waals surface area contributed by atoms with E-state index in [0.717, 1.165) is 17.7 Å². The average molecular weight is 388 g/mol. The van der Waals surface area contributed by atoms with Crippen molar-refractivity contribution in [1.82, 2.24) is 20.3 Å². The molecule has 7 nitrogen and oxygen atoms in total. The van der Waals surface area contributed by atoms with Crippen molar-refractivity contribution >= 4 is 5.91 Å². The Labute approximate surface area is 159 Å². The Morgan fingerprint density at radius 1 is 1.11 bits per heavy atom. The summed E-state index contributed by atoms with van der Waals surface area (Å²) in [6, 6.07) is 8.87. The average Bonchev–Trinajstić information content (AvgIpc) is 3.17. The fraction of sp³-hybridized carbons (Fsp3) is 0.211. The summed E-state index contributed by atoms with van der Waals surface area (Å²) >= 11 is 0. The summed E-state index contributed by atoms with van der Waals surface area (Å²) in [6.07, 6.45) is 1.33. The van der Waals surface area contributed by atoms with Crippen LogP contribution in [-0.4, -0.2) is 35.1 Å². The first-order valence-corrected chi connectivity index (χ1v) is 8.34. The van der Waals surface area contributed by atoms with Gasteiger partial charge in [-0.1, -0.05) is 17.3 Å². The number of ether oxygens (including phenoxy) is 2. The number of benzene rings is 2. The summed E-state index contributed by atoms with van der Waals surface area (Å²) in [4.78, 5) is 12.3. The van der Waals surface area contributed by atoms with Crippen LogP contribution in [-0.2, 0) is 13.1 Å². The molecule has 0 aliphatic rings. The molecule has 0 saturated carbocycles. The molecule has 9 heteroatoms. The number of aromatic nitrogens is 3. The number of carbonyl (C=O) groups is 1. The monoisotopic (exact) mass is 388 g/mol. The van der Waals surface area contributed by atoms with E-state index in [4.69, 9.17) is 9.47 Å². The SMILES string of the molecule is COc1ccc(CNC(=O)c2cn(Cc3c(F)cccc3F)nn2)cc1OC.